The highest BCUT2D eigenvalue weighted by atomic mass is 16.6. The number of anilines is 1. The summed E-state index contributed by atoms with van der Waals surface area (Å²) in [5.74, 6) is 1.96. The predicted octanol–water partition coefficient (Wildman–Crippen LogP) is 4.19. The van der Waals surface area contributed by atoms with Gasteiger partial charge >= 0.3 is 0 Å². The molecule has 2 aromatic rings. The van der Waals surface area contributed by atoms with Crippen LogP contribution in [0.25, 0.3) is 0 Å². The van der Waals surface area contributed by atoms with Crippen LogP contribution < -0.4 is 19.7 Å². The van der Waals surface area contributed by atoms with E-state index in [0.29, 0.717) is 30.3 Å². The molecule has 5 nitrogen and oxygen atoms in total. The van der Waals surface area contributed by atoms with Crippen LogP contribution in [0.3, 0.4) is 0 Å². The van der Waals surface area contributed by atoms with Crippen LogP contribution in [-0.4, -0.2) is 32.2 Å². The van der Waals surface area contributed by atoms with E-state index in [9.17, 15) is 4.79 Å². The van der Waals surface area contributed by atoms with E-state index < -0.39 is 0 Å². The number of hydrogen-bond acceptors (Lipinski definition) is 4. The third-order valence-corrected chi connectivity index (χ3v) is 5.57. The van der Waals surface area contributed by atoms with Gasteiger partial charge in [0.05, 0.1) is 6.04 Å². The van der Waals surface area contributed by atoms with Crippen molar-refractivity contribution in [3.63, 3.8) is 0 Å². The summed E-state index contributed by atoms with van der Waals surface area (Å²) >= 11 is 0. The van der Waals surface area contributed by atoms with E-state index in [1.54, 1.807) is 18.2 Å². The maximum absolute atomic E-state index is 12.6. The largest absolute Gasteiger partial charge is 0.486 e. The third-order valence-electron chi connectivity index (χ3n) is 5.57. The summed E-state index contributed by atoms with van der Waals surface area (Å²) in [6.45, 7) is 7.62. The van der Waals surface area contributed by atoms with Crippen LogP contribution in [0, 0.1) is 5.92 Å². The Morgan fingerprint density at radius 1 is 1.11 bits per heavy atom. The van der Waals surface area contributed by atoms with E-state index in [1.807, 2.05) is 6.92 Å². The van der Waals surface area contributed by atoms with Gasteiger partial charge in [-0.05, 0) is 61.6 Å². The molecule has 1 N–H and O–H groups in total. The molecule has 0 radical (unpaired) electrons. The lowest BCUT2D eigenvalue weighted by molar-refractivity contribution is 0.0938. The number of ether oxygens (including phenoxy) is 2. The second-order valence-electron chi connectivity index (χ2n) is 7.84. The van der Waals surface area contributed by atoms with E-state index in [-0.39, 0.29) is 11.9 Å². The zero-order valence-electron chi connectivity index (χ0n) is 16.6. The molecule has 0 aliphatic carbocycles. The van der Waals surface area contributed by atoms with Gasteiger partial charge < -0.3 is 19.7 Å². The molecular weight excluding hydrogens is 352 g/mol. The molecule has 0 aromatic heterocycles. The molecule has 1 saturated heterocycles. The van der Waals surface area contributed by atoms with Crippen LogP contribution in [-0.2, 0) is 0 Å². The summed E-state index contributed by atoms with van der Waals surface area (Å²) in [6, 6.07) is 13.8. The minimum Gasteiger partial charge on any atom is -0.486 e. The summed E-state index contributed by atoms with van der Waals surface area (Å²) in [5.41, 5.74) is 2.94. The minimum absolute atomic E-state index is 0.0740. The van der Waals surface area contributed by atoms with E-state index in [4.69, 9.17) is 9.47 Å². The Balaban J connectivity index is 1.40. The lowest BCUT2D eigenvalue weighted by Crippen LogP contribution is -2.34. The van der Waals surface area contributed by atoms with Crippen molar-refractivity contribution in [2.75, 3.05) is 31.2 Å². The third kappa shape index (κ3) is 4.08. The maximum atomic E-state index is 12.6. The average Bonchev–Trinajstić information content (AvgIpc) is 2.73. The maximum Gasteiger partial charge on any atom is 0.251 e. The Labute approximate surface area is 166 Å². The Morgan fingerprint density at radius 2 is 1.86 bits per heavy atom. The Hall–Kier alpha value is -2.69. The molecule has 2 aliphatic heterocycles. The van der Waals surface area contributed by atoms with Crippen molar-refractivity contribution in [2.45, 2.75) is 32.7 Å². The van der Waals surface area contributed by atoms with Gasteiger partial charge in [0.15, 0.2) is 11.5 Å². The molecule has 4 rings (SSSR count). The summed E-state index contributed by atoms with van der Waals surface area (Å²) < 4.78 is 11.1. The Kier molecular flexibility index (Phi) is 5.42. The van der Waals surface area contributed by atoms with Gasteiger partial charge in [-0.2, -0.15) is 0 Å². The first-order valence-electron chi connectivity index (χ1n) is 10.2. The van der Waals surface area contributed by atoms with Crippen LogP contribution in [0.4, 0.5) is 5.69 Å². The normalized spacial score (nSPS) is 19.8. The van der Waals surface area contributed by atoms with Gasteiger partial charge in [0.25, 0.3) is 5.91 Å². The molecule has 2 aliphatic rings. The molecule has 0 spiro atoms. The number of nitrogens with zero attached hydrogens (tertiary/aromatic N) is 1. The molecule has 0 bridgehead atoms. The summed E-state index contributed by atoms with van der Waals surface area (Å²) in [7, 11) is 0. The topological polar surface area (TPSA) is 50.8 Å². The van der Waals surface area contributed by atoms with Crippen molar-refractivity contribution in [3.8, 4) is 11.5 Å². The molecule has 5 heteroatoms. The van der Waals surface area contributed by atoms with Gasteiger partial charge in [0.2, 0.25) is 0 Å². The molecule has 2 heterocycles. The number of carbonyl (C=O) groups is 1. The van der Waals surface area contributed by atoms with Gasteiger partial charge in [-0.25, -0.2) is 0 Å². The first-order chi connectivity index (χ1) is 13.6. The number of amides is 1. The highest BCUT2D eigenvalue weighted by Crippen LogP contribution is 2.31. The molecule has 2 aromatic carbocycles. The van der Waals surface area contributed by atoms with Crippen molar-refractivity contribution < 1.29 is 14.3 Å². The molecule has 1 fully saturated rings. The van der Waals surface area contributed by atoms with E-state index in [1.165, 1.54) is 18.5 Å². The minimum atomic E-state index is -0.113. The number of nitrogens with one attached hydrogen (secondary N) is 1. The lowest BCUT2D eigenvalue weighted by Gasteiger charge is -2.33. The number of benzene rings is 2. The van der Waals surface area contributed by atoms with Crippen molar-refractivity contribution in [3.05, 3.63) is 53.6 Å². The molecule has 1 amide bonds. The molecule has 148 valence electrons. The smallest absolute Gasteiger partial charge is 0.251 e. The molecule has 0 unspecified atom stereocenters. The number of hydrogen-bond donors (Lipinski definition) is 1. The standard InChI is InChI=1S/C23H28N2O3/c1-16-4-3-11-25(15-16)20-8-5-18(6-9-20)17(2)24-23(26)19-7-10-21-22(14-19)28-13-12-27-21/h5-10,14,16-17H,3-4,11-13,15H2,1-2H3,(H,24,26)/t16-,17+/m1/s1. The molecule has 2 atom stereocenters. The van der Waals surface area contributed by atoms with Gasteiger partial charge in [0, 0.05) is 24.3 Å². The fourth-order valence-electron chi connectivity index (χ4n) is 3.95. The first kappa shape index (κ1) is 18.7. The second kappa shape index (κ2) is 8.13. The number of carbonyl (C=O) groups excluding carboxylic acids is 1. The number of rotatable bonds is 4. The number of fused-ring (bicyclic) bond motifs is 1. The van der Waals surface area contributed by atoms with Crippen LogP contribution in [0.5, 0.6) is 11.5 Å². The van der Waals surface area contributed by atoms with Gasteiger partial charge in [-0.1, -0.05) is 19.1 Å². The predicted molar refractivity (Wildman–Crippen MR) is 110 cm³/mol. The molecule has 28 heavy (non-hydrogen) atoms. The van der Waals surface area contributed by atoms with Crippen LogP contribution >= 0.6 is 0 Å². The average molecular weight is 380 g/mol. The molecular formula is C23H28N2O3. The van der Waals surface area contributed by atoms with Crippen LogP contribution in [0.1, 0.15) is 48.7 Å². The SMILES string of the molecule is C[C@@H]1CCCN(c2ccc([C@H](C)NC(=O)c3ccc4c(c3)OCCO4)cc2)C1. The van der Waals surface area contributed by atoms with Crippen LogP contribution in [0.2, 0.25) is 0 Å². The Morgan fingerprint density at radius 3 is 2.61 bits per heavy atom. The monoisotopic (exact) mass is 380 g/mol. The van der Waals surface area contributed by atoms with Crippen molar-refractivity contribution in [2.24, 2.45) is 5.92 Å². The lowest BCUT2D eigenvalue weighted by atomic mass is 9.99. The fourth-order valence-corrected chi connectivity index (χ4v) is 3.95. The fraction of sp³-hybridized carbons (Fsp3) is 0.435. The Bertz CT molecular complexity index is 834. The van der Waals surface area contributed by atoms with Gasteiger partial charge in [-0.3, -0.25) is 4.79 Å². The zero-order valence-corrected chi connectivity index (χ0v) is 16.6. The van der Waals surface area contributed by atoms with E-state index >= 15 is 0 Å². The van der Waals surface area contributed by atoms with E-state index in [2.05, 4.69) is 41.4 Å². The first-order valence-corrected chi connectivity index (χ1v) is 10.2. The summed E-state index contributed by atoms with van der Waals surface area (Å²) in [6.07, 6.45) is 2.57. The van der Waals surface area contributed by atoms with Crippen LogP contribution in [0.15, 0.2) is 42.5 Å². The van der Waals surface area contributed by atoms with Crippen molar-refractivity contribution in [1.82, 2.24) is 5.32 Å². The van der Waals surface area contributed by atoms with Gasteiger partial charge in [0.1, 0.15) is 13.2 Å². The summed E-state index contributed by atoms with van der Waals surface area (Å²) in [4.78, 5) is 15.1. The molecule has 0 saturated carbocycles. The second-order valence-corrected chi connectivity index (χ2v) is 7.84. The summed E-state index contributed by atoms with van der Waals surface area (Å²) in [5, 5.41) is 3.08. The van der Waals surface area contributed by atoms with Crippen molar-refractivity contribution in [1.29, 1.82) is 0 Å². The zero-order chi connectivity index (χ0) is 19.5. The highest BCUT2D eigenvalue weighted by Gasteiger charge is 2.18. The quantitative estimate of drug-likeness (QED) is 0.864. The number of piperidine rings is 1. The van der Waals surface area contributed by atoms with E-state index in [0.717, 1.165) is 24.6 Å². The van der Waals surface area contributed by atoms with Crippen molar-refractivity contribution >= 4 is 11.6 Å². The van der Waals surface area contributed by atoms with Gasteiger partial charge in [-0.15, -0.1) is 0 Å². The highest BCUT2D eigenvalue weighted by molar-refractivity contribution is 5.95.